The van der Waals surface area contributed by atoms with Gasteiger partial charge in [-0.05, 0) is 65.8 Å². The van der Waals surface area contributed by atoms with E-state index in [0.717, 1.165) is 6.42 Å². The fraction of sp³-hybridized carbons (Fsp3) is 0.682. The van der Waals surface area contributed by atoms with Crippen LogP contribution in [0.1, 0.15) is 94.4 Å². The summed E-state index contributed by atoms with van der Waals surface area (Å²) in [4.78, 5) is 4.95. The summed E-state index contributed by atoms with van der Waals surface area (Å²) < 4.78 is 0. The van der Waals surface area contributed by atoms with Crippen molar-refractivity contribution in [2.45, 2.75) is 91.0 Å². The minimum absolute atomic E-state index is 0.365. The van der Waals surface area contributed by atoms with Crippen molar-refractivity contribution in [3.63, 3.8) is 0 Å². The van der Waals surface area contributed by atoms with Crippen molar-refractivity contribution in [3.8, 4) is 0 Å². The molecule has 2 aliphatic rings. The van der Waals surface area contributed by atoms with Crippen LogP contribution in [0.3, 0.4) is 0 Å². The van der Waals surface area contributed by atoms with Crippen LogP contribution in [-0.2, 0) is 12.8 Å². The molecule has 2 unspecified atom stereocenters. The van der Waals surface area contributed by atoms with Crippen molar-refractivity contribution in [2.75, 3.05) is 0 Å². The Morgan fingerprint density at radius 1 is 1.09 bits per heavy atom. The molecule has 1 aliphatic carbocycles. The molecule has 0 amide bonds. The van der Waals surface area contributed by atoms with Gasteiger partial charge < -0.3 is 0 Å². The fourth-order valence-corrected chi connectivity index (χ4v) is 4.63. The molecule has 1 nitrogen and oxygen atoms in total. The Morgan fingerprint density at radius 3 is 2.65 bits per heavy atom. The third kappa shape index (κ3) is 3.25. The molecule has 1 aromatic carbocycles. The van der Waals surface area contributed by atoms with Crippen molar-refractivity contribution in [2.24, 2.45) is 10.4 Å². The molecule has 1 aromatic rings. The number of fused-ring (bicyclic) bond motifs is 3. The Balaban J connectivity index is 1.87. The number of unbranched alkanes of at least 4 members (excludes halogenated alkanes) is 3. The molecule has 126 valence electrons. The van der Waals surface area contributed by atoms with Crippen LogP contribution in [0.15, 0.2) is 17.1 Å². The van der Waals surface area contributed by atoms with Gasteiger partial charge in [0.05, 0.1) is 6.04 Å². The van der Waals surface area contributed by atoms with Gasteiger partial charge in [-0.3, -0.25) is 4.99 Å². The number of aliphatic imine (C=N–C) groups is 1. The summed E-state index contributed by atoms with van der Waals surface area (Å²) >= 11 is 0. The zero-order chi connectivity index (χ0) is 16.4. The Bertz CT molecular complexity index is 582. The monoisotopic (exact) mass is 311 g/mol. The predicted molar refractivity (Wildman–Crippen MR) is 101 cm³/mol. The van der Waals surface area contributed by atoms with Crippen molar-refractivity contribution in [1.82, 2.24) is 0 Å². The van der Waals surface area contributed by atoms with E-state index in [1.807, 2.05) is 0 Å². The lowest BCUT2D eigenvalue weighted by molar-refractivity contribution is 0.323. The Kier molecular flexibility index (Phi) is 4.94. The average Bonchev–Trinajstić information content (AvgIpc) is 2.86. The summed E-state index contributed by atoms with van der Waals surface area (Å²) in [6.45, 7) is 9.37. The molecule has 0 N–H and O–H groups in total. The molecule has 1 fully saturated rings. The quantitative estimate of drug-likeness (QED) is 0.565. The first-order valence-electron chi connectivity index (χ1n) is 9.75. The van der Waals surface area contributed by atoms with Crippen LogP contribution < -0.4 is 0 Å². The van der Waals surface area contributed by atoms with E-state index in [1.54, 1.807) is 16.7 Å². The summed E-state index contributed by atoms with van der Waals surface area (Å²) in [6.07, 6.45) is 12.6. The van der Waals surface area contributed by atoms with Crippen LogP contribution in [-0.4, -0.2) is 12.3 Å². The van der Waals surface area contributed by atoms with E-state index in [-0.39, 0.29) is 0 Å². The molecule has 1 saturated carbocycles. The van der Waals surface area contributed by atoms with Crippen molar-refractivity contribution < 1.29 is 0 Å². The van der Waals surface area contributed by atoms with Crippen molar-refractivity contribution >= 4 is 6.21 Å². The lowest BCUT2D eigenvalue weighted by atomic mass is 9.79. The van der Waals surface area contributed by atoms with Gasteiger partial charge >= 0.3 is 0 Å². The first-order chi connectivity index (χ1) is 11.1. The molecule has 0 aromatic heterocycles. The summed E-state index contributed by atoms with van der Waals surface area (Å²) in [7, 11) is 0. The molecule has 0 spiro atoms. The number of hydrogen-bond acceptors (Lipinski definition) is 1. The maximum absolute atomic E-state index is 4.95. The van der Waals surface area contributed by atoms with E-state index >= 15 is 0 Å². The second-order valence-electron chi connectivity index (χ2n) is 8.27. The molecular weight excluding hydrogens is 278 g/mol. The number of hydrogen-bond donors (Lipinski definition) is 0. The van der Waals surface area contributed by atoms with E-state index in [9.17, 15) is 0 Å². The highest BCUT2D eigenvalue weighted by molar-refractivity contribution is 5.84. The second-order valence-corrected chi connectivity index (χ2v) is 8.27. The minimum Gasteiger partial charge on any atom is -0.288 e. The van der Waals surface area contributed by atoms with Gasteiger partial charge in [-0.2, -0.15) is 0 Å². The molecular formula is C22H33N. The second kappa shape index (κ2) is 6.79. The third-order valence-electron chi connectivity index (χ3n) is 6.14. The smallest absolute Gasteiger partial charge is 0.0619 e. The predicted octanol–water partition coefficient (Wildman–Crippen LogP) is 6.08. The molecule has 0 saturated heterocycles. The zero-order valence-corrected chi connectivity index (χ0v) is 15.5. The maximum Gasteiger partial charge on any atom is 0.0619 e. The minimum atomic E-state index is 0.365. The van der Waals surface area contributed by atoms with Crippen LogP contribution in [0, 0.1) is 5.41 Å². The Morgan fingerprint density at radius 2 is 1.91 bits per heavy atom. The van der Waals surface area contributed by atoms with Crippen LogP contribution in [0.2, 0.25) is 0 Å². The van der Waals surface area contributed by atoms with Crippen molar-refractivity contribution in [1.29, 1.82) is 0 Å². The summed E-state index contributed by atoms with van der Waals surface area (Å²) in [5.41, 5.74) is 6.52. The highest BCUT2D eigenvalue weighted by Crippen LogP contribution is 2.50. The van der Waals surface area contributed by atoms with Crippen LogP contribution in [0.5, 0.6) is 0 Å². The van der Waals surface area contributed by atoms with Crippen LogP contribution in [0.4, 0.5) is 0 Å². The summed E-state index contributed by atoms with van der Waals surface area (Å²) in [5.74, 6) is 0.658. The number of aryl methyl sites for hydroxylation is 2. The normalized spacial score (nSPS) is 24.5. The van der Waals surface area contributed by atoms with Gasteiger partial charge in [-0.1, -0.05) is 53.0 Å². The summed E-state index contributed by atoms with van der Waals surface area (Å²) in [5, 5.41) is 0. The highest BCUT2D eigenvalue weighted by Gasteiger charge is 2.44. The van der Waals surface area contributed by atoms with Gasteiger partial charge in [-0.15, -0.1) is 0 Å². The van der Waals surface area contributed by atoms with Gasteiger partial charge in [0.15, 0.2) is 0 Å². The maximum atomic E-state index is 4.95. The lowest BCUT2D eigenvalue weighted by Gasteiger charge is -2.31. The number of benzene rings is 1. The average molecular weight is 312 g/mol. The first kappa shape index (κ1) is 16.7. The Hall–Kier alpha value is -1.11. The molecule has 1 heteroatoms. The molecule has 0 bridgehead atoms. The fourth-order valence-electron chi connectivity index (χ4n) is 4.63. The van der Waals surface area contributed by atoms with E-state index in [0.29, 0.717) is 17.4 Å². The number of nitrogens with zero attached hydrogens (tertiary/aromatic N) is 1. The molecule has 1 aliphatic heterocycles. The van der Waals surface area contributed by atoms with E-state index < -0.39 is 0 Å². The first-order valence-corrected chi connectivity index (χ1v) is 9.75. The van der Waals surface area contributed by atoms with Gasteiger partial charge in [-0.25, -0.2) is 0 Å². The molecule has 3 rings (SSSR count). The summed E-state index contributed by atoms with van der Waals surface area (Å²) in [6, 6.07) is 5.50. The van der Waals surface area contributed by atoms with Crippen LogP contribution >= 0.6 is 0 Å². The van der Waals surface area contributed by atoms with Crippen molar-refractivity contribution in [3.05, 3.63) is 34.4 Å². The SMILES string of the molecule is CCCCCCc1cc2c(cc1CC)C=NC1C2CCC1(C)C. The molecule has 0 radical (unpaired) electrons. The molecule has 23 heavy (non-hydrogen) atoms. The van der Waals surface area contributed by atoms with E-state index in [1.165, 1.54) is 50.5 Å². The zero-order valence-electron chi connectivity index (χ0n) is 15.5. The van der Waals surface area contributed by atoms with E-state index in [2.05, 4.69) is 46.0 Å². The van der Waals surface area contributed by atoms with Gasteiger partial charge in [0.2, 0.25) is 0 Å². The van der Waals surface area contributed by atoms with Gasteiger partial charge in [0.25, 0.3) is 0 Å². The largest absolute Gasteiger partial charge is 0.288 e. The van der Waals surface area contributed by atoms with Crippen LogP contribution in [0.25, 0.3) is 0 Å². The highest BCUT2D eigenvalue weighted by atomic mass is 14.9. The Labute approximate surface area is 142 Å². The topological polar surface area (TPSA) is 12.4 Å². The van der Waals surface area contributed by atoms with E-state index in [4.69, 9.17) is 4.99 Å². The molecule has 2 atom stereocenters. The standard InChI is InChI=1S/C22H33N/c1-5-7-8-9-10-17-14-20-18(13-16(17)6-2)15-23-21-19(20)11-12-22(21,3)4/h13-15,19,21H,5-12H2,1-4H3. The number of rotatable bonds is 6. The third-order valence-corrected chi connectivity index (χ3v) is 6.14. The lowest BCUT2D eigenvalue weighted by Crippen LogP contribution is -2.28. The van der Waals surface area contributed by atoms with Gasteiger partial charge in [0.1, 0.15) is 0 Å². The van der Waals surface area contributed by atoms with Gasteiger partial charge in [0, 0.05) is 12.1 Å². The molecule has 1 heterocycles.